The Hall–Kier alpha value is -2.32. The number of hydrogen-bond acceptors (Lipinski definition) is 2. The summed E-state index contributed by atoms with van der Waals surface area (Å²) in [6.07, 6.45) is 6.64. The van der Waals surface area contributed by atoms with E-state index in [2.05, 4.69) is 54.6 Å². The van der Waals surface area contributed by atoms with Gasteiger partial charge in [0.25, 0.3) is 0 Å². The standard InChI is InChI=1S/C19H20N2/c20-17-12-7-13-19(21,14-17)18(15-8-3-1-4-9-15)16-10-5-2-6-11-16/h1-13,18H,14,20-21H2. The molecule has 2 heteroatoms. The maximum absolute atomic E-state index is 6.75. The molecule has 3 rings (SSSR count). The minimum atomic E-state index is -0.498. The van der Waals surface area contributed by atoms with Gasteiger partial charge < -0.3 is 11.5 Å². The van der Waals surface area contributed by atoms with Crippen LogP contribution in [0.25, 0.3) is 0 Å². The summed E-state index contributed by atoms with van der Waals surface area (Å²) in [7, 11) is 0. The van der Waals surface area contributed by atoms with E-state index < -0.39 is 5.54 Å². The van der Waals surface area contributed by atoms with Crippen LogP contribution in [0.4, 0.5) is 0 Å². The van der Waals surface area contributed by atoms with E-state index in [1.54, 1.807) is 0 Å². The van der Waals surface area contributed by atoms with Crippen molar-refractivity contribution in [1.82, 2.24) is 0 Å². The topological polar surface area (TPSA) is 52.0 Å². The van der Waals surface area contributed by atoms with Crippen LogP contribution in [0.5, 0.6) is 0 Å². The molecule has 1 unspecified atom stereocenters. The molecule has 0 radical (unpaired) electrons. The average Bonchev–Trinajstić information content (AvgIpc) is 2.49. The molecule has 2 aromatic rings. The van der Waals surface area contributed by atoms with Gasteiger partial charge in [0.1, 0.15) is 0 Å². The molecule has 0 aromatic heterocycles. The second-order valence-corrected chi connectivity index (χ2v) is 5.64. The lowest BCUT2D eigenvalue weighted by Crippen LogP contribution is -2.46. The molecule has 0 saturated heterocycles. The summed E-state index contributed by atoms with van der Waals surface area (Å²) in [5.74, 6) is 0.0865. The first kappa shape index (κ1) is 13.7. The van der Waals surface area contributed by atoms with Crippen molar-refractivity contribution in [2.45, 2.75) is 17.9 Å². The predicted octanol–water partition coefficient (Wildman–Crippen LogP) is 3.32. The van der Waals surface area contributed by atoms with E-state index in [0.717, 1.165) is 5.70 Å². The summed E-state index contributed by atoms with van der Waals surface area (Å²) in [5.41, 5.74) is 15.5. The van der Waals surface area contributed by atoms with Crippen LogP contribution < -0.4 is 11.5 Å². The van der Waals surface area contributed by atoms with Crippen LogP contribution in [0.2, 0.25) is 0 Å². The fourth-order valence-electron chi connectivity index (χ4n) is 3.12. The van der Waals surface area contributed by atoms with Gasteiger partial charge in [0.2, 0.25) is 0 Å². The van der Waals surface area contributed by atoms with Crippen LogP contribution >= 0.6 is 0 Å². The maximum atomic E-state index is 6.75. The molecule has 0 amide bonds. The van der Waals surface area contributed by atoms with Crippen molar-refractivity contribution in [2.24, 2.45) is 11.5 Å². The number of allylic oxidation sites excluding steroid dienone is 2. The molecular formula is C19H20N2. The SMILES string of the molecule is NC1=CC=CC(N)(C(c2ccccc2)c2ccccc2)C1. The second-order valence-electron chi connectivity index (χ2n) is 5.64. The van der Waals surface area contributed by atoms with Crippen LogP contribution in [-0.4, -0.2) is 5.54 Å². The normalized spacial score (nSPS) is 21.3. The van der Waals surface area contributed by atoms with Crippen molar-refractivity contribution in [2.75, 3.05) is 0 Å². The van der Waals surface area contributed by atoms with Gasteiger partial charge in [0.15, 0.2) is 0 Å². The monoisotopic (exact) mass is 276 g/mol. The predicted molar refractivity (Wildman–Crippen MR) is 87.7 cm³/mol. The minimum absolute atomic E-state index is 0.0865. The van der Waals surface area contributed by atoms with Crippen molar-refractivity contribution in [3.05, 3.63) is 95.7 Å². The second kappa shape index (κ2) is 5.58. The molecule has 0 bridgehead atoms. The van der Waals surface area contributed by atoms with E-state index >= 15 is 0 Å². The third-order valence-electron chi connectivity index (χ3n) is 4.03. The van der Waals surface area contributed by atoms with Crippen LogP contribution in [0.15, 0.2) is 84.6 Å². The van der Waals surface area contributed by atoms with Gasteiger partial charge in [-0.15, -0.1) is 0 Å². The van der Waals surface area contributed by atoms with E-state index in [1.165, 1.54) is 11.1 Å². The van der Waals surface area contributed by atoms with Gasteiger partial charge in [-0.2, -0.15) is 0 Å². The summed E-state index contributed by atoms with van der Waals surface area (Å²) in [6, 6.07) is 20.8. The van der Waals surface area contributed by atoms with E-state index in [1.807, 2.05) is 24.3 Å². The molecule has 4 N–H and O–H groups in total. The molecule has 2 nitrogen and oxygen atoms in total. The number of hydrogen-bond donors (Lipinski definition) is 2. The summed E-state index contributed by atoms with van der Waals surface area (Å²) in [5, 5.41) is 0. The number of rotatable bonds is 3. The van der Waals surface area contributed by atoms with Gasteiger partial charge >= 0.3 is 0 Å². The van der Waals surface area contributed by atoms with E-state index in [4.69, 9.17) is 11.5 Å². The van der Waals surface area contributed by atoms with Crippen molar-refractivity contribution in [1.29, 1.82) is 0 Å². The zero-order valence-corrected chi connectivity index (χ0v) is 11.9. The zero-order chi connectivity index (χ0) is 14.7. The number of nitrogens with two attached hydrogens (primary N) is 2. The first-order chi connectivity index (χ1) is 10.2. The highest BCUT2D eigenvalue weighted by atomic mass is 14.8. The highest BCUT2D eigenvalue weighted by Gasteiger charge is 2.36. The number of benzene rings is 2. The Kier molecular flexibility index (Phi) is 3.63. The van der Waals surface area contributed by atoms with Crippen molar-refractivity contribution < 1.29 is 0 Å². The van der Waals surface area contributed by atoms with Gasteiger partial charge in [0, 0.05) is 18.0 Å². The lowest BCUT2D eigenvalue weighted by molar-refractivity contribution is 0.456. The van der Waals surface area contributed by atoms with E-state index in [0.29, 0.717) is 6.42 Å². The molecule has 2 aromatic carbocycles. The Morgan fingerprint density at radius 1 is 0.857 bits per heavy atom. The largest absolute Gasteiger partial charge is 0.402 e. The lowest BCUT2D eigenvalue weighted by Gasteiger charge is -2.37. The van der Waals surface area contributed by atoms with Crippen LogP contribution in [0, 0.1) is 0 Å². The molecule has 0 spiro atoms. The van der Waals surface area contributed by atoms with Crippen molar-refractivity contribution in [3.63, 3.8) is 0 Å². The fourth-order valence-corrected chi connectivity index (χ4v) is 3.12. The molecule has 1 atom stereocenters. The maximum Gasteiger partial charge on any atom is 0.0507 e. The first-order valence-corrected chi connectivity index (χ1v) is 7.22. The summed E-state index contributed by atoms with van der Waals surface area (Å²) in [6.45, 7) is 0. The molecule has 0 heterocycles. The van der Waals surface area contributed by atoms with Gasteiger partial charge in [-0.1, -0.05) is 72.8 Å². The van der Waals surface area contributed by atoms with Gasteiger partial charge in [-0.3, -0.25) is 0 Å². The molecule has 0 saturated carbocycles. The van der Waals surface area contributed by atoms with Crippen LogP contribution in [-0.2, 0) is 0 Å². The van der Waals surface area contributed by atoms with Crippen molar-refractivity contribution >= 4 is 0 Å². The highest BCUT2D eigenvalue weighted by Crippen LogP contribution is 2.38. The fraction of sp³-hybridized carbons (Fsp3) is 0.158. The van der Waals surface area contributed by atoms with Gasteiger partial charge in [-0.05, 0) is 17.2 Å². The Labute approximate surface area is 125 Å². The summed E-state index contributed by atoms with van der Waals surface area (Å²) < 4.78 is 0. The molecule has 1 aliphatic carbocycles. The molecule has 21 heavy (non-hydrogen) atoms. The molecule has 0 aliphatic heterocycles. The van der Waals surface area contributed by atoms with Crippen LogP contribution in [0.1, 0.15) is 23.5 Å². The third kappa shape index (κ3) is 2.76. The molecular weight excluding hydrogens is 256 g/mol. The Balaban J connectivity index is 2.10. The van der Waals surface area contributed by atoms with Gasteiger partial charge in [0.05, 0.1) is 5.54 Å². The van der Waals surface area contributed by atoms with Crippen molar-refractivity contribution in [3.8, 4) is 0 Å². The van der Waals surface area contributed by atoms with Gasteiger partial charge in [-0.25, -0.2) is 0 Å². The lowest BCUT2D eigenvalue weighted by atomic mass is 9.72. The molecule has 0 fully saturated rings. The first-order valence-electron chi connectivity index (χ1n) is 7.22. The Morgan fingerprint density at radius 3 is 1.86 bits per heavy atom. The molecule has 1 aliphatic rings. The van der Waals surface area contributed by atoms with E-state index in [9.17, 15) is 0 Å². The van der Waals surface area contributed by atoms with E-state index in [-0.39, 0.29) is 5.92 Å². The highest BCUT2D eigenvalue weighted by molar-refractivity contribution is 5.42. The van der Waals surface area contributed by atoms with Crippen LogP contribution in [0.3, 0.4) is 0 Å². The zero-order valence-electron chi connectivity index (χ0n) is 11.9. The Bertz CT molecular complexity index is 619. The third-order valence-corrected chi connectivity index (χ3v) is 4.03. The summed E-state index contributed by atoms with van der Waals surface area (Å²) in [4.78, 5) is 0. The average molecular weight is 276 g/mol. The smallest absolute Gasteiger partial charge is 0.0507 e. The Morgan fingerprint density at radius 2 is 1.38 bits per heavy atom. The quantitative estimate of drug-likeness (QED) is 0.903. The molecule has 106 valence electrons. The summed E-state index contributed by atoms with van der Waals surface area (Å²) >= 11 is 0. The minimum Gasteiger partial charge on any atom is -0.402 e.